The molecule has 0 aliphatic carbocycles. The fourth-order valence-electron chi connectivity index (χ4n) is 2.20. The van der Waals surface area contributed by atoms with Crippen LogP contribution in [0.3, 0.4) is 0 Å². The van der Waals surface area contributed by atoms with Gasteiger partial charge in [-0.25, -0.2) is 0 Å². The van der Waals surface area contributed by atoms with E-state index in [0.717, 1.165) is 25.7 Å². The number of hydrogen-bond acceptors (Lipinski definition) is 3. The van der Waals surface area contributed by atoms with Gasteiger partial charge in [0.2, 0.25) is 0 Å². The number of carbonyl (C=O) groups is 1. The molecule has 0 aromatic heterocycles. The zero-order chi connectivity index (χ0) is 15.8. The molecule has 120 valence electrons. The van der Waals surface area contributed by atoms with Gasteiger partial charge in [-0.2, -0.15) is 0 Å². The quantitative estimate of drug-likeness (QED) is 0.627. The second-order valence-electron chi connectivity index (χ2n) is 6.13. The van der Waals surface area contributed by atoms with Crippen LogP contribution in [0.25, 0.3) is 0 Å². The van der Waals surface area contributed by atoms with Gasteiger partial charge < -0.3 is 14.6 Å². The van der Waals surface area contributed by atoms with Gasteiger partial charge in [0, 0.05) is 14.2 Å². The molecule has 0 aliphatic rings. The molecule has 20 heavy (non-hydrogen) atoms. The van der Waals surface area contributed by atoms with Gasteiger partial charge in [-0.3, -0.25) is 4.79 Å². The average Bonchev–Trinajstić information content (AvgIpc) is 2.46. The molecular formula is C16H32O4. The van der Waals surface area contributed by atoms with Gasteiger partial charge >= 0.3 is 5.97 Å². The van der Waals surface area contributed by atoms with Crippen LogP contribution in [0.2, 0.25) is 0 Å². The van der Waals surface area contributed by atoms with Gasteiger partial charge in [-0.05, 0) is 52.4 Å². The van der Waals surface area contributed by atoms with Crippen LogP contribution in [0.15, 0.2) is 0 Å². The lowest BCUT2D eigenvalue weighted by atomic mass is 9.86. The van der Waals surface area contributed by atoms with Crippen molar-refractivity contribution in [3.8, 4) is 0 Å². The molecule has 2 atom stereocenters. The van der Waals surface area contributed by atoms with Crippen LogP contribution in [-0.4, -0.2) is 36.5 Å². The maximum Gasteiger partial charge on any atom is 0.306 e. The first kappa shape index (κ1) is 19.4. The van der Waals surface area contributed by atoms with Crippen molar-refractivity contribution in [2.75, 3.05) is 14.2 Å². The molecule has 0 fully saturated rings. The maximum atomic E-state index is 11.4. The number of carboxylic acids is 1. The number of ether oxygens (including phenoxy) is 2. The Balaban J connectivity index is 4.49. The summed E-state index contributed by atoms with van der Waals surface area (Å²) in [5.41, 5.74) is -0.438. The van der Waals surface area contributed by atoms with Crippen molar-refractivity contribution in [2.24, 2.45) is 5.92 Å². The molecule has 0 rings (SSSR count). The van der Waals surface area contributed by atoms with Gasteiger partial charge in [0.15, 0.2) is 0 Å². The lowest BCUT2D eigenvalue weighted by molar-refractivity contribution is -0.143. The summed E-state index contributed by atoms with van der Waals surface area (Å²) in [6.07, 6.45) is 4.62. The predicted molar refractivity (Wildman–Crippen MR) is 81.0 cm³/mol. The molecule has 0 aromatic rings. The van der Waals surface area contributed by atoms with E-state index in [4.69, 9.17) is 9.47 Å². The van der Waals surface area contributed by atoms with Crippen molar-refractivity contribution >= 4 is 5.97 Å². The van der Waals surface area contributed by atoms with E-state index in [9.17, 15) is 9.90 Å². The monoisotopic (exact) mass is 288 g/mol. The lowest BCUT2D eigenvalue weighted by Gasteiger charge is -2.30. The smallest absolute Gasteiger partial charge is 0.306 e. The van der Waals surface area contributed by atoms with Gasteiger partial charge in [0.1, 0.15) is 0 Å². The molecule has 2 unspecified atom stereocenters. The number of rotatable bonds is 11. The Hall–Kier alpha value is -0.610. The minimum absolute atomic E-state index is 0.219. The summed E-state index contributed by atoms with van der Waals surface area (Å²) in [6, 6.07) is 0. The van der Waals surface area contributed by atoms with Crippen molar-refractivity contribution in [1.82, 2.24) is 0 Å². The Labute approximate surface area is 123 Å². The molecule has 0 saturated carbocycles. The third kappa shape index (κ3) is 6.23. The summed E-state index contributed by atoms with van der Waals surface area (Å²) in [4.78, 5) is 11.4. The summed E-state index contributed by atoms with van der Waals surface area (Å²) in [5, 5.41) is 9.38. The number of methoxy groups -OCH3 is 2. The highest BCUT2D eigenvalue weighted by molar-refractivity contribution is 5.69. The predicted octanol–water partition coefficient (Wildman–Crippen LogP) is 3.88. The second kappa shape index (κ2) is 8.63. The number of carboxylic acid groups (broad SMARTS) is 1. The van der Waals surface area contributed by atoms with Crippen molar-refractivity contribution in [2.45, 2.75) is 77.4 Å². The first-order valence-electron chi connectivity index (χ1n) is 7.59. The fraction of sp³-hybridized carbons (Fsp3) is 0.938. The molecular weight excluding hydrogens is 256 g/mol. The summed E-state index contributed by atoms with van der Waals surface area (Å²) >= 11 is 0. The van der Waals surface area contributed by atoms with Crippen molar-refractivity contribution in [3.05, 3.63) is 0 Å². The van der Waals surface area contributed by atoms with Crippen molar-refractivity contribution < 1.29 is 19.4 Å². The van der Waals surface area contributed by atoms with Gasteiger partial charge in [0.25, 0.3) is 0 Å². The first-order chi connectivity index (χ1) is 9.25. The summed E-state index contributed by atoms with van der Waals surface area (Å²) < 4.78 is 11.0. The van der Waals surface area contributed by atoms with E-state index in [2.05, 4.69) is 13.8 Å². The summed E-state index contributed by atoms with van der Waals surface area (Å²) in [6.45, 7) is 8.21. The van der Waals surface area contributed by atoms with Gasteiger partial charge in [0.05, 0.1) is 17.1 Å². The zero-order valence-corrected chi connectivity index (χ0v) is 14.0. The Morgan fingerprint density at radius 1 is 1.00 bits per heavy atom. The van der Waals surface area contributed by atoms with Crippen LogP contribution in [0.4, 0.5) is 0 Å². The molecule has 0 aliphatic heterocycles. The van der Waals surface area contributed by atoms with Crippen LogP contribution < -0.4 is 0 Å². The fourth-order valence-corrected chi connectivity index (χ4v) is 2.20. The Morgan fingerprint density at radius 2 is 1.35 bits per heavy atom. The van der Waals surface area contributed by atoms with Gasteiger partial charge in [-0.15, -0.1) is 0 Å². The molecule has 1 N–H and O–H groups in total. The van der Waals surface area contributed by atoms with E-state index in [1.54, 1.807) is 14.2 Å². The van der Waals surface area contributed by atoms with E-state index >= 15 is 0 Å². The van der Waals surface area contributed by atoms with E-state index in [1.165, 1.54) is 0 Å². The van der Waals surface area contributed by atoms with Gasteiger partial charge in [-0.1, -0.05) is 13.8 Å². The molecule has 0 spiro atoms. The van der Waals surface area contributed by atoms with Crippen LogP contribution in [-0.2, 0) is 14.3 Å². The first-order valence-corrected chi connectivity index (χ1v) is 7.59. The standard InChI is InChI=1S/C16H32O4/c1-7-15(3,19-5)11-9-13(14(17)18)10-12-16(4,8-2)20-6/h13H,7-12H2,1-6H3,(H,17,18). The SMILES string of the molecule is CCC(C)(CCC(CCC(C)(CC)OC)C(=O)O)OC. The molecule has 4 heteroatoms. The summed E-state index contributed by atoms with van der Waals surface area (Å²) in [5.74, 6) is -1.04. The normalized spacial score (nSPS) is 19.1. The molecule has 0 radical (unpaired) electrons. The Kier molecular flexibility index (Phi) is 8.36. The Morgan fingerprint density at radius 3 is 1.55 bits per heavy atom. The largest absolute Gasteiger partial charge is 0.481 e. The molecule has 0 amide bonds. The molecule has 0 bridgehead atoms. The topological polar surface area (TPSA) is 55.8 Å². The molecule has 0 heterocycles. The highest BCUT2D eigenvalue weighted by Gasteiger charge is 2.28. The van der Waals surface area contributed by atoms with Crippen LogP contribution in [0.1, 0.15) is 66.2 Å². The lowest BCUT2D eigenvalue weighted by Crippen LogP contribution is -2.30. The molecule has 0 saturated heterocycles. The minimum atomic E-state index is -0.714. The highest BCUT2D eigenvalue weighted by Crippen LogP contribution is 2.29. The van der Waals surface area contributed by atoms with Crippen LogP contribution in [0.5, 0.6) is 0 Å². The zero-order valence-electron chi connectivity index (χ0n) is 14.0. The average molecular weight is 288 g/mol. The molecule has 4 nitrogen and oxygen atoms in total. The minimum Gasteiger partial charge on any atom is -0.481 e. The second-order valence-corrected chi connectivity index (χ2v) is 6.13. The summed E-state index contributed by atoms with van der Waals surface area (Å²) in [7, 11) is 3.39. The van der Waals surface area contributed by atoms with E-state index in [-0.39, 0.29) is 17.1 Å². The maximum absolute atomic E-state index is 11.4. The van der Waals surface area contributed by atoms with E-state index in [1.807, 2.05) is 13.8 Å². The van der Waals surface area contributed by atoms with Crippen LogP contribution in [0, 0.1) is 5.92 Å². The number of hydrogen-bond donors (Lipinski definition) is 1. The van der Waals surface area contributed by atoms with Crippen molar-refractivity contribution in [1.29, 1.82) is 0 Å². The third-order valence-corrected chi connectivity index (χ3v) is 4.87. The third-order valence-electron chi connectivity index (χ3n) is 4.87. The van der Waals surface area contributed by atoms with E-state index in [0.29, 0.717) is 12.8 Å². The van der Waals surface area contributed by atoms with E-state index < -0.39 is 5.97 Å². The van der Waals surface area contributed by atoms with Crippen LogP contribution >= 0.6 is 0 Å². The number of aliphatic carboxylic acids is 1. The Bertz CT molecular complexity index is 258. The highest BCUT2D eigenvalue weighted by atomic mass is 16.5. The molecule has 0 aromatic carbocycles. The van der Waals surface area contributed by atoms with Crippen molar-refractivity contribution in [3.63, 3.8) is 0 Å².